The summed E-state index contributed by atoms with van der Waals surface area (Å²) in [6.45, 7) is 2.29. The summed E-state index contributed by atoms with van der Waals surface area (Å²) in [5.41, 5.74) is 1.22. The number of para-hydroxylation sites is 1. The summed E-state index contributed by atoms with van der Waals surface area (Å²) in [5, 5.41) is 3.18. The van der Waals surface area contributed by atoms with E-state index in [1.165, 1.54) is 7.05 Å². The molecule has 0 fully saturated rings. The van der Waals surface area contributed by atoms with E-state index >= 15 is 0 Å². The molecule has 6 nitrogen and oxygen atoms in total. The van der Waals surface area contributed by atoms with Crippen LogP contribution >= 0.6 is 0 Å². The number of benzene rings is 1. The van der Waals surface area contributed by atoms with Crippen LogP contribution in [-0.4, -0.2) is 32.1 Å². The number of fused-ring (bicyclic) bond motifs is 1. The Kier molecular flexibility index (Phi) is 4.94. The van der Waals surface area contributed by atoms with E-state index < -0.39 is 5.97 Å². The van der Waals surface area contributed by atoms with Crippen LogP contribution < -0.4 is 5.32 Å². The number of rotatable bonds is 6. The third-order valence-corrected chi connectivity index (χ3v) is 2.95. The highest BCUT2D eigenvalue weighted by Gasteiger charge is 2.22. The summed E-state index contributed by atoms with van der Waals surface area (Å²) in [4.78, 5) is 23.2. The number of nitrogens with one attached hydrogen (secondary N) is 1. The Morgan fingerprint density at radius 1 is 1.29 bits per heavy atom. The lowest BCUT2D eigenvalue weighted by Gasteiger charge is -2.04. The Balaban J connectivity index is 2.28. The summed E-state index contributed by atoms with van der Waals surface area (Å²) in [6, 6.07) is 7.28. The van der Waals surface area contributed by atoms with Crippen molar-refractivity contribution in [2.75, 3.05) is 20.3 Å². The molecule has 0 saturated carbocycles. The lowest BCUT2D eigenvalue weighted by molar-refractivity contribution is -0.123. The second-order valence-electron chi connectivity index (χ2n) is 4.29. The predicted octanol–water partition coefficient (Wildman–Crippen LogP) is 1.87. The maximum absolute atomic E-state index is 12.1. The van der Waals surface area contributed by atoms with Gasteiger partial charge in [0.05, 0.1) is 6.61 Å². The molecule has 0 aliphatic rings. The van der Waals surface area contributed by atoms with Gasteiger partial charge in [-0.2, -0.15) is 0 Å². The summed E-state index contributed by atoms with van der Waals surface area (Å²) < 4.78 is 15.8. The minimum atomic E-state index is -0.676. The van der Waals surface area contributed by atoms with Crippen molar-refractivity contribution in [3.8, 4) is 0 Å². The van der Waals surface area contributed by atoms with E-state index in [2.05, 4.69) is 5.32 Å². The largest absolute Gasteiger partial charge is 0.450 e. The highest BCUT2D eigenvalue weighted by atomic mass is 16.5. The zero-order valence-electron chi connectivity index (χ0n) is 12.0. The molecule has 0 spiro atoms. The van der Waals surface area contributed by atoms with Gasteiger partial charge in [-0.25, -0.2) is 4.79 Å². The Bertz CT molecular complexity index is 647. The van der Waals surface area contributed by atoms with Crippen molar-refractivity contribution in [3.05, 3.63) is 35.6 Å². The molecule has 1 aromatic heterocycles. The highest BCUT2D eigenvalue weighted by Crippen LogP contribution is 2.27. The third kappa shape index (κ3) is 3.41. The molecule has 2 rings (SSSR count). The average molecular weight is 291 g/mol. The molecule has 1 aromatic carbocycles. The highest BCUT2D eigenvalue weighted by molar-refractivity contribution is 5.96. The molecule has 0 atom stereocenters. The Morgan fingerprint density at radius 3 is 2.76 bits per heavy atom. The second-order valence-corrected chi connectivity index (χ2v) is 4.29. The fourth-order valence-corrected chi connectivity index (χ4v) is 1.88. The van der Waals surface area contributed by atoms with E-state index in [0.717, 1.165) is 5.39 Å². The van der Waals surface area contributed by atoms with Crippen LogP contribution in [0, 0.1) is 0 Å². The molecule has 1 amide bonds. The van der Waals surface area contributed by atoms with Crippen molar-refractivity contribution in [1.29, 1.82) is 0 Å². The number of esters is 1. The van der Waals surface area contributed by atoms with E-state index in [1.807, 2.05) is 25.1 Å². The number of furan rings is 1. The Labute approximate surface area is 122 Å². The van der Waals surface area contributed by atoms with Crippen molar-refractivity contribution >= 4 is 22.8 Å². The first kappa shape index (κ1) is 15.1. The van der Waals surface area contributed by atoms with Crippen LogP contribution in [0.1, 0.15) is 23.0 Å². The maximum Gasteiger partial charge on any atom is 0.375 e. The minimum Gasteiger partial charge on any atom is -0.450 e. The van der Waals surface area contributed by atoms with E-state index in [0.29, 0.717) is 17.8 Å². The first-order valence-electron chi connectivity index (χ1n) is 6.63. The van der Waals surface area contributed by atoms with Crippen molar-refractivity contribution < 1.29 is 23.5 Å². The molecule has 0 saturated heterocycles. The lowest BCUT2D eigenvalue weighted by Crippen LogP contribution is -2.25. The molecule has 0 aliphatic carbocycles. The zero-order chi connectivity index (χ0) is 15.2. The third-order valence-electron chi connectivity index (χ3n) is 2.95. The first-order chi connectivity index (χ1) is 10.2. The van der Waals surface area contributed by atoms with Crippen LogP contribution in [0.15, 0.2) is 28.7 Å². The number of hydrogen-bond donors (Lipinski definition) is 1. The Morgan fingerprint density at radius 2 is 2.05 bits per heavy atom. The molecule has 0 aliphatic heterocycles. The quantitative estimate of drug-likeness (QED) is 0.822. The summed E-state index contributed by atoms with van der Waals surface area (Å²) in [7, 11) is 1.47. The number of ether oxygens (including phenoxy) is 2. The number of carbonyl (C=O) groups excluding carboxylic acids is 2. The van der Waals surface area contributed by atoms with E-state index in [1.54, 1.807) is 6.07 Å². The van der Waals surface area contributed by atoms with Crippen LogP contribution in [0.3, 0.4) is 0 Å². The topological polar surface area (TPSA) is 77.8 Å². The fraction of sp³-hybridized carbons (Fsp3) is 0.333. The number of hydrogen-bond acceptors (Lipinski definition) is 5. The first-order valence-corrected chi connectivity index (χ1v) is 6.63. The standard InChI is InChI=1S/C15H17NO5/c1-3-19-8-11-10-6-4-5-7-12(10)21-14(11)15(18)20-9-13(17)16-2/h4-7H,3,8-9H2,1-2H3,(H,16,17). The zero-order valence-corrected chi connectivity index (χ0v) is 12.0. The smallest absolute Gasteiger partial charge is 0.375 e. The van der Waals surface area contributed by atoms with Crippen molar-refractivity contribution in [2.24, 2.45) is 0 Å². The van der Waals surface area contributed by atoms with Crippen LogP contribution in [0.4, 0.5) is 0 Å². The Hall–Kier alpha value is -2.34. The minimum absolute atomic E-state index is 0.0774. The summed E-state index contributed by atoms with van der Waals surface area (Å²) in [5.74, 6) is -0.983. The van der Waals surface area contributed by atoms with E-state index in [9.17, 15) is 9.59 Å². The van der Waals surface area contributed by atoms with Gasteiger partial charge in [-0.3, -0.25) is 4.79 Å². The van der Waals surface area contributed by atoms with Crippen LogP contribution in [0.5, 0.6) is 0 Å². The van der Waals surface area contributed by atoms with E-state index in [-0.39, 0.29) is 24.9 Å². The predicted molar refractivity (Wildman–Crippen MR) is 75.9 cm³/mol. The molecular formula is C15H17NO5. The van der Waals surface area contributed by atoms with Gasteiger partial charge in [0.1, 0.15) is 5.58 Å². The van der Waals surface area contributed by atoms with Gasteiger partial charge in [0, 0.05) is 24.6 Å². The molecule has 1 heterocycles. The molecule has 0 bridgehead atoms. The molecule has 6 heteroatoms. The van der Waals surface area contributed by atoms with Gasteiger partial charge in [-0.1, -0.05) is 18.2 Å². The molecular weight excluding hydrogens is 274 g/mol. The van der Waals surface area contributed by atoms with Crippen molar-refractivity contribution in [3.63, 3.8) is 0 Å². The molecule has 2 aromatic rings. The lowest BCUT2D eigenvalue weighted by atomic mass is 10.1. The average Bonchev–Trinajstić information content (AvgIpc) is 2.88. The van der Waals surface area contributed by atoms with E-state index in [4.69, 9.17) is 13.9 Å². The molecule has 21 heavy (non-hydrogen) atoms. The second kappa shape index (κ2) is 6.90. The molecule has 0 radical (unpaired) electrons. The van der Waals surface area contributed by atoms with Gasteiger partial charge in [0.15, 0.2) is 6.61 Å². The maximum atomic E-state index is 12.1. The molecule has 1 N–H and O–H groups in total. The molecule has 112 valence electrons. The summed E-state index contributed by atoms with van der Waals surface area (Å²) in [6.07, 6.45) is 0. The number of amides is 1. The van der Waals surface area contributed by atoms with Gasteiger partial charge >= 0.3 is 5.97 Å². The molecule has 0 unspecified atom stereocenters. The van der Waals surface area contributed by atoms with Crippen LogP contribution in [0.25, 0.3) is 11.0 Å². The summed E-state index contributed by atoms with van der Waals surface area (Å²) >= 11 is 0. The van der Waals surface area contributed by atoms with Gasteiger partial charge in [-0.15, -0.1) is 0 Å². The van der Waals surface area contributed by atoms with Crippen molar-refractivity contribution in [1.82, 2.24) is 5.32 Å². The van der Waals surface area contributed by atoms with Gasteiger partial charge in [0.2, 0.25) is 5.76 Å². The van der Waals surface area contributed by atoms with Gasteiger partial charge in [0.25, 0.3) is 5.91 Å². The normalized spacial score (nSPS) is 10.6. The monoisotopic (exact) mass is 291 g/mol. The van der Waals surface area contributed by atoms with Crippen molar-refractivity contribution in [2.45, 2.75) is 13.5 Å². The number of likely N-dealkylation sites (N-methyl/N-ethyl adjacent to an activating group) is 1. The van der Waals surface area contributed by atoms with Crippen LogP contribution in [0.2, 0.25) is 0 Å². The SMILES string of the molecule is CCOCc1c(C(=O)OCC(=O)NC)oc2ccccc12. The fourth-order valence-electron chi connectivity index (χ4n) is 1.88. The van der Waals surface area contributed by atoms with Gasteiger partial charge < -0.3 is 19.2 Å². The number of carbonyl (C=O) groups is 2. The van der Waals surface area contributed by atoms with Gasteiger partial charge in [-0.05, 0) is 13.0 Å². The van der Waals surface area contributed by atoms with Crippen LogP contribution in [-0.2, 0) is 20.9 Å².